The number of hydrogen-bond acceptors (Lipinski definition) is 3. The quantitative estimate of drug-likeness (QED) is 0.647. The highest BCUT2D eigenvalue weighted by atomic mass is 16.6. The number of anilines is 1. The molecule has 1 heterocycles. The Morgan fingerprint density at radius 1 is 1.40 bits per heavy atom. The zero-order chi connectivity index (χ0) is 11.0. The SMILES string of the molecule is CO/N=C1\C(=O)N(C)c2ccc(C)cc21. The Morgan fingerprint density at radius 2 is 2.13 bits per heavy atom. The van der Waals surface area contributed by atoms with E-state index in [0.717, 1.165) is 16.8 Å². The van der Waals surface area contributed by atoms with Crippen molar-refractivity contribution in [2.45, 2.75) is 6.92 Å². The van der Waals surface area contributed by atoms with Crippen LogP contribution in [0.4, 0.5) is 5.69 Å². The molecule has 0 saturated heterocycles. The minimum absolute atomic E-state index is 0.127. The number of benzene rings is 1. The Kier molecular flexibility index (Phi) is 2.19. The van der Waals surface area contributed by atoms with Crippen molar-refractivity contribution in [2.24, 2.45) is 5.16 Å². The van der Waals surface area contributed by atoms with Gasteiger partial charge in [0.2, 0.25) is 0 Å². The van der Waals surface area contributed by atoms with Gasteiger partial charge in [-0.2, -0.15) is 0 Å². The van der Waals surface area contributed by atoms with Gasteiger partial charge >= 0.3 is 0 Å². The molecule has 4 nitrogen and oxygen atoms in total. The molecule has 0 fully saturated rings. The topological polar surface area (TPSA) is 41.9 Å². The molecule has 0 saturated carbocycles. The van der Waals surface area contributed by atoms with E-state index in [1.807, 2.05) is 25.1 Å². The van der Waals surface area contributed by atoms with Crippen LogP contribution in [-0.4, -0.2) is 25.8 Å². The van der Waals surface area contributed by atoms with Gasteiger partial charge in [0.05, 0.1) is 5.69 Å². The molecule has 0 atom stereocenters. The molecule has 0 N–H and O–H groups in total. The number of carbonyl (C=O) groups excluding carboxylic acids is 1. The maximum atomic E-state index is 11.8. The number of amides is 1. The van der Waals surface area contributed by atoms with E-state index in [-0.39, 0.29) is 5.91 Å². The van der Waals surface area contributed by atoms with E-state index in [2.05, 4.69) is 9.99 Å². The van der Waals surface area contributed by atoms with Gasteiger partial charge in [-0.05, 0) is 19.1 Å². The largest absolute Gasteiger partial charge is 0.398 e. The smallest absolute Gasteiger partial charge is 0.280 e. The van der Waals surface area contributed by atoms with E-state index in [1.165, 1.54) is 7.11 Å². The fourth-order valence-electron chi connectivity index (χ4n) is 1.69. The molecular formula is C11H12N2O2. The molecule has 0 unspecified atom stereocenters. The average molecular weight is 204 g/mol. The van der Waals surface area contributed by atoms with Crippen LogP contribution >= 0.6 is 0 Å². The third-order valence-corrected chi connectivity index (χ3v) is 2.46. The Balaban J connectivity index is 2.62. The summed E-state index contributed by atoms with van der Waals surface area (Å²) < 4.78 is 0. The summed E-state index contributed by atoms with van der Waals surface area (Å²) in [6.07, 6.45) is 0. The molecule has 1 aliphatic rings. The van der Waals surface area contributed by atoms with Gasteiger partial charge in [0.1, 0.15) is 7.11 Å². The summed E-state index contributed by atoms with van der Waals surface area (Å²) in [5, 5.41) is 3.76. The fraction of sp³-hybridized carbons (Fsp3) is 0.273. The van der Waals surface area contributed by atoms with Crippen LogP contribution in [-0.2, 0) is 9.63 Å². The van der Waals surface area contributed by atoms with Crippen molar-refractivity contribution in [1.82, 2.24) is 0 Å². The van der Waals surface area contributed by atoms with Crippen molar-refractivity contribution < 1.29 is 9.63 Å². The van der Waals surface area contributed by atoms with Gasteiger partial charge in [0, 0.05) is 12.6 Å². The molecule has 0 radical (unpaired) electrons. The monoisotopic (exact) mass is 204 g/mol. The van der Waals surface area contributed by atoms with Crippen LogP contribution in [0.15, 0.2) is 23.4 Å². The first kappa shape index (κ1) is 9.71. The van der Waals surface area contributed by atoms with Gasteiger partial charge in [-0.15, -0.1) is 0 Å². The lowest BCUT2D eigenvalue weighted by Crippen LogP contribution is -2.25. The Bertz CT molecular complexity index is 452. The first-order valence-corrected chi connectivity index (χ1v) is 4.65. The molecule has 1 aliphatic heterocycles. The molecule has 1 aromatic rings. The second kappa shape index (κ2) is 3.38. The van der Waals surface area contributed by atoms with Crippen molar-refractivity contribution in [3.63, 3.8) is 0 Å². The zero-order valence-electron chi connectivity index (χ0n) is 8.94. The third kappa shape index (κ3) is 1.38. The van der Waals surface area contributed by atoms with Gasteiger partial charge in [-0.1, -0.05) is 16.8 Å². The highest BCUT2D eigenvalue weighted by Crippen LogP contribution is 2.28. The van der Waals surface area contributed by atoms with E-state index in [1.54, 1.807) is 11.9 Å². The summed E-state index contributed by atoms with van der Waals surface area (Å²) in [5.41, 5.74) is 3.19. The van der Waals surface area contributed by atoms with Gasteiger partial charge in [0.15, 0.2) is 5.71 Å². The van der Waals surface area contributed by atoms with E-state index in [4.69, 9.17) is 0 Å². The van der Waals surface area contributed by atoms with Gasteiger partial charge in [-0.3, -0.25) is 4.79 Å². The van der Waals surface area contributed by atoms with E-state index in [9.17, 15) is 4.79 Å². The van der Waals surface area contributed by atoms with Crippen LogP contribution < -0.4 is 4.90 Å². The molecule has 1 amide bonds. The fourth-order valence-corrected chi connectivity index (χ4v) is 1.69. The van der Waals surface area contributed by atoms with Crippen LogP contribution in [0.25, 0.3) is 0 Å². The maximum absolute atomic E-state index is 11.8. The van der Waals surface area contributed by atoms with Gasteiger partial charge in [0.25, 0.3) is 5.91 Å². The molecule has 4 heteroatoms. The average Bonchev–Trinajstić information content (AvgIpc) is 2.44. The summed E-state index contributed by atoms with van der Waals surface area (Å²) in [7, 11) is 3.17. The number of fused-ring (bicyclic) bond motifs is 1. The van der Waals surface area contributed by atoms with Crippen LogP contribution in [0.1, 0.15) is 11.1 Å². The number of hydrogen-bond donors (Lipinski definition) is 0. The summed E-state index contributed by atoms with van der Waals surface area (Å²) in [5.74, 6) is -0.127. The Morgan fingerprint density at radius 3 is 2.80 bits per heavy atom. The molecule has 0 aliphatic carbocycles. The normalized spacial score (nSPS) is 17.1. The molecular weight excluding hydrogens is 192 g/mol. The van der Waals surface area contributed by atoms with Crippen LogP contribution in [0, 0.1) is 6.92 Å². The predicted octanol–water partition coefficient (Wildman–Crippen LogP) is 1.32. The minimum atomic E-state index is -0.127. The highest BCUT2D eigenvalue weighted by Gasteiger charge is 2.31. The molecule has 15 heavy (non-hydrogen) atoms. The van der Waals surface area contributed by atoms with Crippen molar-refractivity contribution in [1.29, 1.82) is 0 Å². The highest BCUT2D eigenvalue weighted by molar-refractivity contribution is 6.54. The van der Waals surface area contributed by atoms with E-state index >= 15 is 0 Å². The maximum Gasteiger partial charge on any atom is 0.280 e. The van der Waals surface area contributed by atoms with Crippen LogP contribution in [0.2, 0.25) is 0 Å². The first-order valence-electron chi connectivity index (χ1n) is 4.65. The number of nitrogens with zero attached hydrogens (tertiary/aromatic N) is 2. The second-order valence-electron chi connectivity index (χ2n) is 3.51. The molecule has 0 bridgehead atoms. The number of oxime groups is 1. The summed E-state index contributed by atoms with van der Waals surface area (Å²) in [6, 6.07) is 5.83. The molecule has 1 aromatic carbocycles. The van der Waals surface area contributed by atoms with Crippen molar-refractivity contribution in [3.05, 3.63) is 29.3 Å². The molecule has 2 rings (SSSR count). The van der Waals surface area contributed by atoms with E-state index < -0.39 is 0 Å². The number of carbonyl (C=O) groups is 1. The molecule has 78 valence electrons. The lowest BCUT2D eigenvalue weighted by molar-refractivity contribution is -0.112. The Hall–Kier alpha value is -1.84. The van der Waals surface area contributed by atoms with Crippen molar-refractivity contribution in [2.75, 3.05) is 19.1 Å². The summed E-state index contributed by atoms with van der Waals surface area (Å²) in [4.78, 5) is 18.0. The standard InChI is InChI=1S/C11H12N2O2/c1-7-4-5-9-8(6-7)10(12-15-3)11(14)13(9)2/h4-6H,1-3H3/b12-10-. The third-order valence-electron chi connectivity index (χ3n) is 2.46. The summed E-state index contributed by atoms with van der Waals surface area (Å²) >= 11 is 0. The van der Waals surface area contributed by atoms with Crippen molar-refractivity contribution in [3.8, 4) is 0 Å². The lowest BCUT2D eigenvalue weighted by atomic mass is 10.1. The lowest BCUT2D eigenvalue weighted by Gasteiger charge is -2.08. The Labute approximate surface area is 88.1 Å². The van der Waals surface area contributed by atoms with Gasteiger partial charge in [-0.25, -0.2) is 0 Å². The molecule has 0 spiro atoms. The number of likely N-dealkylation sites (N-methyl/N-ethyl adjacent to an activating group) is 1. The second-order valence-corrected chi connectivity index (χ2v) is 3.51. The predicted molar refractivity (Wildman–Crippen MR) is 58.1 cm³/mol. The van der Waals surface area contributed by atoms with Crippen LogP contribution in [0.5, 0.6) is 0 Å². The minimum Gasteiger partial charge on any atom is -0.398 e. The first-order chi connectivity index (χ1) is 7.15. The van der Waals surface area contributed by atoms with Crippen LogP contribution in [0.3, 0.4) is 0 Å². The summed E-state index contributed by atoms with van der Waals surface area (Å²) in [6.45, 7) is 1.98. The van der Waals surface area contributed by atoms with Crippen molar-refractivity contribution >= 4 is 17.3 Å². The molecule has 0 aromatic heterocycles. The zero-order valence-corrected chi connectivity index (χ0v) is 8.94. The number of rotatable bonds is 1. The van der Waals surface area contributed by atoms with Gasteiger partial charge < -0.3 is 9.74 Å². The van der Waals surface area contributed by atoms with E-state index in [0.29, 0.717) is 5.71 Å². The number of aryl methyl sites for hydroxylation is 1.